The largest absolute Gasteiger partial charge is 0.493 e. The molecule has 3 rings (SSSR count). The van der Waals surface area contributed by atoms with Crippen molar-refractivity contribution < 1.29 is 24.2 Å². The van der Waals surface area contributed by atoms with Crippen LogP contribution < -0.4 is 14.8 Å². The van der Waals surface area contributed by atoms with E-state index >= 15 is 0 Å². The minimum absolute atomic E-state index is 0.358. The summed E-state index contributed by atoms with van der Waals surface area (Å²) in [7, 11) is 1.55. The Bertz CT molecular complexity index is 916. The summed E-state index contributed by atoms with van der Waals surface area (Å²) in [5.41, 5.74) is 1.51. The number of hydrogen-bond donors (Lipinski definition) is 2. The van der Waals surface area contributed by atoms with Crippen LogP contribution in [0.5, 0.6) is 11.5 Å². The molecule has 1 amide bonds. The molecule has 0 aromatic heterocycles. The van der Waals surface area contributed by atoms with Gasteiger partial charge in [-0.05, 0) is 43.5 Å². The summed E-state index contributed by atoms with van der Waals surface area (Å²) >= 11 is 0. The number of ether oxygens (including phenoxy) is 2. The zero-order valence-corrected chi connectivity index (χ0v) is 18.3. The number of carbonyl (C=O) groups excluding carboxylic acids is 1. The molecule has 2 N–H and O–H groups in total. The first kappa shape index (κ1) is 22.7. The fraction of sp³-hybridized carbons (Fsp3) is 0.440. The van der Waals surface area contributed by atoms with E-state index in [1.807, 2.05) is 19.1 Å². The first-order chi connectivity index (χ1) is 14.9. The van der Waals surface area contributed by atoms with Crippen LogP contribution in [0.4, 0.5) is 0 Å². The van der Waals surface area contributed by atoms with Gasteiger partial charge in [0.25, 0.3) is 5.91 Å². The molecule has 6 heteroatoms. The smallest absolute Gasteiger partial charge is 0.329 e. The molecule has 2 aromatic carbocycles. The number of hydrogen-bond acceptors (Lipinski definition) is 4. The van der Waals surface area contributed by atoms with Crippen molar-refractivity contribution in [2.75, 3.05) is 13.7 Å². The van der Waals surface area contributed by atoms with Gasteiger partial charge in [-0.1, -0.05) is 55.5 Å². The van der Waals surface area contributed by atoms with Gasteiger partial charge >= 0.3 is 5.97 Å². The molecule has 0 saturated heterocycles. The molecule has 0 atom stereocenters. The highest BCUT2D eigenvalue weighted by Crippen LogP contribution is 2.31. The second-order valence-electron chi connectivity index (χ2n) is 8.21. The Hall–Kier alpha value is -3.02. The molecule has 1 aliphatic rings. The Labute approximate surface area is 183 Å². The third kappa shape index (κ3) is 5.78. The lowest BCUT2D eigenvalue weighted by Crippen LogP contribution is -2.54. The molecule has 0 spiro atoms. The molecule has 166 valence electrons. The van der Waals surface area contributed by atoms with Crippen LogP contribution in [-0.2, 0) is 11.2 Å². The summed E-state index contributed by atoms with van der Waals surface area (Å²) in [6.07, 6.45) is 5.20. The fourth-order valence-corrected chi connectivity index (χ4v) is 4.09. The summed E-state index contributed by atoms with van der Waals surface area (Å²) < 4.78 is 11.3. The van der Waals surface area contributed by atoms with Crippen LogP contribution in [-0.4, -0.2) is 36.2 Å². The van der Waals surface area contributed by atoms with Crippen molar-refractivity contribution in [2.45, 2.75) is 57.4 Å². The highest BCUT2D eigenvalue weighted by Gasteiger charge is 2.40. The number of rotatable bonds is 8. The van der Waals surface area contributed by atoms with Gasteiger partial charge in [0, 0.05) is 12.0 Å². The standard InChI is InChI=1S/C25H31NO5/c1-18-8-7-9-19(16-18)12-15-31-22-17-20(10-11-21(22)30-2)23(27)26-25(24(28)29)13-5-3-4-6-14-25/h7-11,16-17H,3-6,12-15H2,1-2H3,(H,26,27)(H,28,29). The molecule has 0 heterocycles. The first-order valence-corrected chi connectivity index (χ1v) is 10.9. The third-order valence-corrected chi connectivity index (χ3v) is 5.88. The lowest BCUT2D eigenvalue weighted by Gasteiger charge is -2.29. The fourth-order valence-electron chi connectivity index (χ4n) is 4.09. The molecular formula is C25H31NO5. The van der Waals surface area contributed by atoms with Crippen molar-refractivity contribution in [3.8, 4) is 11.5 Å². The summed E-state index contributed by atoms with van der Waals surface area (Å²) in [4.78, 5) is 25.0. The van der Waals surface area contributed by atoms with Crippen molar-refractivity contribution in [3.63, 3.8) is 0 Å². The average Bonchev–Trinajstić information content (AvgIpc) is 3.00. The Morgan fingerprint density at radius 2 is 1.77 bits per heavy atom. The van der Waals surface area contributed by atoms with Crippen LogP contribution in [0.15, 0.2) is 42.5 Å². The molecular weight excluding hydrogens is 394 g/mol. The number of amides is 1. The van der Waals surface area contributed by atoms with Gasteiger partial charge in [-0.15, -0.1) is 0 Å². The molecule has 31 heavy (non-hydrogen) atoms. The molecule has 0 aliphatic heterocycles. The summed E-state index contributed by atoms with van der Waals surface area (Å²) in [5.74, 6) is -0.377. The number of benzene rings is 2. The summed E-state index contributed by atoms with van der Waals surface area (Å²) in [5, 5.41) is 12.6. The van der Waals surface area contributed by atoms with E-state index in [0.29, 0.717) is 36.5 Å². The number of carbonyl (C=O) groups is 2. The number of aliphatic carboxylic acids is 1. The normalized spacial score (nSPS) is 15.5. The predicted molar refractivity (Wildman–Crippen MR) is 119 cm³/mol. The minimum Gasteiger partial charge on any atom is -0.493 e. The molecule has 1 fully saturated rings. The minimum atomic E-state index is -1.21. The molecule has 0 bridgehead atoms. The molecule has 6 nitrogen and oxygen atoms in total. The van der Waals surface area contributed by atoms with Crippen LogP contribution in [0.3, 0.4) is 0 Å². The van der Waals surface area contributed by atoms with Gasteiger partial charge in [0.05, 0.1) is 13.7 Å². The Morgan fingerprint density at radius 1 is 1.03 bits per heavy atom. The average molecular weight is 426 g/mol. The van der Waals surface area contributed by atoms with Crippen LogP contribution in [0.25, 0.3) is 0 Å². The predicted octanol–water partition coefficient (Wildman–Crippen LogP) is 4.53. The van der Waals surface area contributed by atoms with Crippen molar-refractivity contribution in [2.24, 2.45) is 0 Å². The van der Waals surface area contributed by atoms with Crippen LogP contribution in [0.1, 0.15) is 60.0 Å². The van der Waals surface area contributed by atoms with E-state index in [9.17, 15) is 14.7 Å². The number of carboxylic acids is 1. The second kappa shape index (κ2) is 10.3. The maximum absolute atomic E-state index is 12.9. The quantitative estimate of drug-likeness (QED) is 0.607. The lowest BCUT2D eigenvalue weighted by atomic mass is 9.90. The molecule has 1 aliphatic carbocycles. The second-order valence-corrected chi connectivity index (χ2v) is 8.21. The van der Waals surface area contributed by atoms with Crippen molar-refractivity contribution >= 4 is 11.9 Å². The highest BCUT2D eigenvalue weighted by atomic mass is 16.5. The van der Waals surface area contributed by atoms with Crippen molar-refractivity contribution in [1.82, 2.24) is 5.32 Å². The molecule has 0 unspecified atom stereocenters. The van der Waals surface area contributed by atoms with E-state index in [2.05, 4.69) is 17.4 Å². The van der Waals surface area contributed by atoms with Crippen molar-refractivity contribution in [3.05, 3.63) is 59.2 Å². The van der Waals surface area contributed by atoms with Gasteiger partial charge < -0.3 is 19.9 Å². The molecule has 2 aromatic rings. The van der Waals surface area contributed by atoms with Crippen LogP contribution in [0.2, 0.25) is 0 Å². The van der Waals surface area contributed by atoms with E-state index in [1.165, 1.54) is 11.1 Å². The van der Waals surface area contributed by atoms with Gasteiger partial charge in [0.1, 0.15) is 5.54 Å². The van der Waals surface area contributed by atoms with Gasteiger partial charge in [-0.25, -0.2) is 4.79 Å². The van der Waals surface area contributed by atoms with E-state index in [-0.39, 0.29) is 0 Å². The zero-order valence-electron chi connectivity index (χ0n) is 18.3. The first-order valence-electron chi connectivity index (χ1n) is 10.9. The number of carboxylic acid groups (broad SMARTS) is 1. The third-order valence-electron chi connectivity index (χ3n) is 5.88. The van der Waals surface area contributed by atoms with E-state index < -0.39 is 17.4 Å². The van der Waals surface area contributed by atoms with Gasteiger partial charge in [-0.2, -0.15) is 0 Å². The number of nitrogens with one attached hydrogen (secondary N) is 1. The molecule has 0 radical (unpaired) electrons. The maximum Gasteiger partial charge on any atom is 0.329 e. The zero-order chi connectivity index (χ0) is 22.3. The Balaban J connectivity index is 1.72. The lowest BCUT2D eigenvalue weighted by molar-refractivity contribution is -0.145. The SMILES string of the molecule is COc1ccc(C(=O)NC2(C(=O)O)CCCCCC2)cc1OCCc1cccc(C)c1. The van der Waals surface area contributed by atoms with Gasteiger partial charge in [0.2, 0.25) is 0 Å². The summed E-state index contributed by atoms with van der Waals surface area (Å²) in [6, 6.07) is 13.2. The van der Waals surface area contributed by atoms with E-state index in [0.717, 1.165) is 32.1 Å². The molecule has 1 saturated carbocycles. The van der Waals surface area contributed by atoms with Crippen LogP contribution >= 0.6 is 0 Å². The van der Waals surface area contributed by atoms with Gasteiger partial charge in [-0.3, -0.25) is 4.79 Å². The topological polar surface area (TPSA) is 84.9 Å². The Kier molecular flexibility index (Phi) is 7.55. The maximum atomic E-state index is 12.9. The van der Waals surface area contributed by atoms with Gasteiger partial charge in [0.15, 0.2) is 11.5 Å². The van der Waals surface area contributed by atoms with E-state index in [4.69, 9.17) is 9.47 Å². The van der Waals surface area contributed by atoms with Crippen LogP contribution in [0, 0.1) is 6.92 Å². The summed E-state index contributed by atoms with van der Waals surface area (Å²) in [6.45, 7) is 2.48. The van der Waals surface area contributed by atoms with E-state index in [1.54, 1.807) is 25.3 Å². The monoisotopic (exact) mass is 425 g/mol. The Morgan fingerprint density at radius 3 is 2.42 bits per heavy atom. The number of aryl methyl sites for hydroxylation is 1. The van der Waals surface area contributed by atoms with Crippen molar-refractivity contribution in [1.29, 1.82) is 0 Å². The number of methoxy groups -OCH3 is 1. The highest BCUT2D eigenvalue weighted by molar-refractivity contribution is 5.98.